The molecule has 1 atom stereocenters. The molecule has 1 saturated heterocycles. The Kier molecular flexibility index (Phi) is 5.37. The van der Waals surface area contributed by atoms with Gasteiger partial charge in [-0.05, 0) is 57.1 Å². The van der Waals surface area contributed by atoms with Crippen molar-refractivity contribution < 1.29 is 4.43 Å². The van der Waals surface area contributed by atoms with Crippen LogP contribution >= 0.6 is 0 Å². The zero-order valence-electron chi connectivity index (χ0n) is 12.9. The molecule has 3 nitrogen and oxygen atoms in total. The van der Waals surface area contributed by atoms with Crippen molar-refractivity contribution in [2.75, 3.05) is 13.1 Å². The second-order valence-corrected chi connectivity index (χ2v) is 10.8. The molecule has 1 aliphatic rings. The fourth-order valence-electron chi connectivity index (χ4n) is 2.37. The van der Waals surface area contributed by atoms with Crippen LogP contribution in [0.4, 0.5) is 0 Å². The zero-order valence-corrected chi connectivity index (χ0v) is 13.9. The van der Waals surface area contributed by atoms with Crippen molar-refractivity contribution in [1.29, 1.82) is 0 Å². The molecule has 0 aliphatic carbocycles. The number of rotatable bonds is 6. The van der Waals surface area contributed by atoms with Gasteiger partial charge in [0.15, 0.2) is 0 Å². The molecule has 2 rings (SSSR count). The molecule has 20 heavy (non-hydrogen) atoms. The fourth-order valence-corrected chi connectivity index (χ4v) is 3.22. The van der Waals surface area contributed by atoms with Crippen LogP contribution in [0.15, 0.2) is 29.3 Å². The van der Waals surface area contributed by atoms with Gasteiger partial charge < -0.3 is 9.74 Å². The highest BCUT2D eigenvalue weighted by Gasteiger charge is 2.17. The number of aliphatic imine (C=N–C) groups is 1. The molecule has 0 spiro atoms. The van der Waals surface area contributed by atoms with E-state index in [0.717, 1.165) is 25.3 Å². The molecule has 0 bridgehead atoms. The molecular formula is C16H26N2OSi. The fraction of sp³-hybridized carbons (Fsp3) is 0.562. The highest BCUT2D eigenvalue weighted by Crippen LogP contribution is 2.22. The predicted molar refractivity (Wildman–Crippen MR) is 88.5 cm³/mol. The van der Waals surface area contributed by atoms with Gasteiger partial charge in [-0.3, -0.25) is 4.99 Å². The van der Waals surface area contributed by atoms with Gasteiger partial charge in [0.25, 0.3) is 0 Å². The topological polar surface area (TPSA) is 33.6 Å². The predicted octanol–water partition coefficient (Wildman–Crippen LogP) is 3.27. The molecule has 0 radical (unpaired) electrons. The summed E-state index contributed by atoms with van der Waals surface area (Å²) >= 11 is 0. The van der Waals surface area contributed by atoms with E-state index < -0.39 is 8.32 Å². The summed E-state index contributed by atoms with van der Waals surface area (Å²) in [7, 11) is -1.55. The molecule has 1 heterocycles. The van der Waals surface area contributed by atoms with Gasteiger partial charge in [-0.2, -0.15) is 0 Å². The number of nitrogens with one attached hydrogen (secondary N) is 1. The Bertz CT molecular complexity index is 448. The average molecular weight is 290 g/mol. The van der Waals surface area contributed by atoms with Gasteiger partial charge in [0.05, 0.1) is 0 Å². The lowest BCUT2D eigenvalue weighted by Crippen LogP contribution is -2.29. The highest BCUT2D eigenvalue weighted by atomic mass is 28.4. The minimum Gasteiger partial charge on any atom is -0.544 e. The van der Waals surface area contributed by atoms with E-state index in [-0.39, 0.29) is 0 Å². The van der Waals surface area contributed by atoms with Crippen LogP contribution in [-0.2, 0) is 6.42 Å². The summed E-state index contributed by atoms with van der Waals surface area (Å²) in [5.41, 5.74) is 1.27. The van der Waals surface area contributed by atoms with Crippen molar-refractivity contribution in [1.82, 2.24) is 5.32 Å². The quantitative estimate of drug-likeness (QED) is 0.644. The Morgan fingerprint density at radius 3 is 2.85 bits per heavy atom. The van der Waals surface area contributed by atoms with E-state index in [1.807, 2.05) is 6.07 Å². The highest BCUT2D eigenvalue weighted by molar-refractivity contribution is 6.70. The SMILES string of the molecule is C[Si](C)(C)Oc1ccccc1CCN=CC1CCCN1. The van der Waals surface area contributed by atoms with Crippen molar-refractivity contribution in [3.63, 3.8) is 0 Å². The van der Waals surface area contributed by atoms with Crippen molar-refractivity contribution in [3.05, 3.63) is 29.8 Å². The van der Waals surface area contributed by atoms with Crippen molar-refractivity contribution in [3.8, 4) is 5.75 Å². The summed E-state index contributed by atoms with van der Waals surface area (Å²) in [5, 5.41) is 3.43. The third-order valence-corrected chi connectivity index (χ3v) is 4.12. The maximum absolute atomic E-state index is 6.14. The van der Waals surface area contributed by atoms with Crippen LogP contribution in [-0.4, -0.2) is 33.7 Å². The van der Waals surface area contributed by atoms with Crippen LogP contribution in [0.1, 0.15) is 18.4 Å². The Hall–Kier alpha value is -1.13. The van der Waals surface area contributed by atoms with Crippen molar-refractivity contribution in [2.24, 2.45) is 4.99 Å². The first kappa shape index (κ1) is 15.3. The molecule has 1 aliphatic heterocycles. The van der Waals surface area contributed by atoms with Gasteiger partial charge in [0.1, 0.15) is 5.75 Å². The lowest BCUT2D eigenvalue weighted by atomic mass is 10.1. The number of hydrogen-bond donors (Lipinski definition) is 1. The molecule has 0 aromatic heterocycles. The maximum atomic E-state index is 6.14. The molecular weight excluding hydrogens is 264 g/mol. The monoisotopic (exact) mass is 290 g/mol. The second-order valence-electron chi connectivity index (χ2n) is 6.33. The van der Waals surface area contributed by atoms with E-state index in [4.69, 9.17) is 4.43 Å². The second kappa shape index (κ2) is 7.04. The summed E-state index contributed by atoms with van der Waals surface area (Å²) in [4.78, 5) is 4.55. The lowest BCUT2D eigenvalue weighted by molar-refractivity contribution is 0.549. The lowest BCUT2D eigenvalue weighted by Gasteiger charge is -2.21. The number of para-hydroxylation sites is 1. The third kappa shape index (κ3) is 5.10. The first-order chi connectivity index (χ1) is 9.54. The average Bonchev–Trinajstić information content (AvgIpc) is 2.88. The van der Waals surface area contributed by atoms with Gasteiger partial charge in [0.2, 0.25) is 8.32 Å². The van der Waals surface area contributed by atoms with Crippen LogP contribution in [0.5, 0.6) is 5.75 Å². The van der Waals surface area contributed by atoms with Gasteiger partial charge in [-0.1, -0.05) is 18.2 Å². The smallest absolute Gasteiger partial charge is 0.242 e. The van der Waals surface area contributed by atoms with Crippen LogP contribution in [0.3, 0.4) is 0 Å². The Morgan fingerprint density at radius 1 is 1.35 bits per heavy atom. The van der Waals surface area contributed by atoms with Crippen LogP contribution in [0.25, 0.3) is 0 Å². The Morgan fingerprint density at radius 2 is 2.15 bits per heavy atom. The van der Waals surface area contributed by atoms with Crippen LogP contribution in [0, 0.1) is 0 Å². The zero-order chi connectivity index (χ0) is 14.4. The minimum atomic E-state index is -1.55. The van der Waals surface area contributed by atoms with E-state index in [1.54, 1.807) is 0 Å². The van der Waals surface area contributed by atoms with Gasteiger partial charge in [0, 0.05) is 18.8 Å². The largest absolute Gasteiger partial charge is 0.544 e. The molecule has 4 heteroatoms. The number of nitrogens with zero attached hydrogens (tertiary/aromatic N) is 1. The summed E-state index contributed by atoms with van der Waals surface area (Å²) in [6.07, 6.45) is 5.52. The molecule has 1 aromatic carbocycles. The molecule has 1 aromatic rings. The van der Waals surface area contributed by atoms with Crippen molar-refractivity contribution >= 4 is 14.5 Å². The molecule has 0 saturated carbocycles. The molecule has 1 N–H and O–H groups in total. The van der Waals surface area contributed by atoms with Crippen LogP contribution in [0.2, 0.25) is 19.6 Å². The normalized spacial score (nSPS) is 19.6. The molecule has 0 amide bonds. The van der Waals surface area contributed by atoms with E-state index in [2.05, 4.69) is 54.4 Å². The van der Waals surface area contributed by atoms with E-state index in [1.165, 1.54) is 18.4 Å². The van der Waals surface area contributed by atoms with E-state index in [0.29, 0.717) is 6.04 Å². The first-order valence-electron chi connectivity index (χ1n) is 7.55. The maximum Gasteiger partial charge on any atom is 0.242 e. The van der Waals surface area contributed by atoms with Crippen molar-refractivity contribution in [2.45, 2.75) is 44.9 Å². The summed E-state index contributed by atoms with van der Waals surface area (Å²) in [6, 6.07) is 8.84. The Labute approximate surface area is 123 Å². The van der Waals surface area contributed by atoms with E-state index >= 15 is 0 Å². The van der Waals surface area contributed by atoms with Gasteiger partial charge in [-0.15, -0.1) is 0 Å². The van der Waals surface area contributed by atoms with Gasteiger partial charge in [-0.25, -0.2) is 0 Å². The number of hydrogen-bond acceptors (Lipinski definition) is 3. The Balaban J connectivity index is 1.88. The molecule has 1 fully saturated rings. The standard InChI is InChI=1S/C16H26N2OSi/c1-20(2,3)19-16-9-5-4-7-14(16)10-12-17-13-15-8-6-11-18-15/h4-5,7,9,13,15,18H,6,8,10-12H2,1-3H3. The van der Waals surface area contributed by atoms with E-state index in [9.17, 15) is 0 Å². The third-order valence-electron chi connectivity index (χ3n) is 3.28. The molecule has 1 unspecified atom stereocenters. The summed E-state index contributed by atoms with van der Waals surface area (Å²) in [5.74, 6) is 1.04. The summed E-state index contributed by atoms with van der Waals surface area (Å²) in [6.45, 7) is 8.61. The summed E-state index contributed by atoms with van der Waals surface area (Å²) < 4.78 is 6.14. The van der Waals surface area contributed by atoms with Gasteiger partial charge >= 0.3 is 0 Å². The molecule has 110 valence electrons. The number of benzene rings is 1. The van der Waals surface area contributed by atoms with Crippen LogP contribution < -0.4 is 9.74 Å². The first-order valence-corrected chi connectivity index (χ1v) is 11.0. The minimum absolute atomic E-state index is 0.489.